The van der Waals surface area contributed by atoms with E-state index in [2.05, 4.69) is 31.5 Å². The number of hydrogen-bond donors (Lipinski definition) is 3. The molecule has 0 saturated carbocycles. The highest BCUT2D eigenvalue weighted by Crippen LogP contribution is 2.36. The van der Waals surface area contributed by atoms with Crippen molar-refractivity contribution < 1.29 is 28.2 Å². The number of halogens is 1. The molecule has 5 N–H and O–H groups in total. The van der Waals surface area contributed by atoms with Gasteiger partial charge < -0.3 is 31.2 Å². The predicted molar refractivity (Wildman–Crippen MR) is 175 cm³/mol. The number of nitrogens with zero attached hydrogens (tertiary/aromatic N) is 2. The number of amides is 3. The van der Waals surface area contributed by atoms with Gasteiger partial charge in [-0.05, 0) is 43.3 Å². The second-order valence-electron chi connectivity index (χ2n) is 9.53. The summed E-state index contributed by atoms with van der Waals surface area (Å²) in [5.74, 6) is -0.113. The normalized spacial score (nSPS) is 13.1. The Morgan fingerprint density at radius 3 is 2.38 bits per heavy atom. The van der Waals surface area contributed by atoms with Gasteiger partial charge in [0.15, 0.2) is 0 Å². The summed E-state index contributed by atoms with van der Waals surface area (Å²) in [7, 11) is 1.47. The number of ether oxygens (including phenoxy) is 2. The Morgan fingerprint density at radius 1 is 1.20 bits per heavy atom. The lowest BCUT2D eigenvalue weighted by Gasteiger charge is -2.25. The first kappa shape index (κ1) is 38.1. The van der Waals surface area contributed by atoms with Crippen LogP contribution in [0.25, 0.3) is 11.3 Å². The van der Waals surface area contributed by atoms with Gasteiger partial charge in [0.1, 0.15) is 23.0 Å². The van der Waals surface area contributed by atoms with Gasteiger partial charge in [-0.15, -0.1) is 0 Å². The summed E-state index contributed by atoms with van der Waals surface area (Å²) in [5.41, 5.74) is 13.9. The van der Waals surface area contributed by atoms with Crippen molar-refractivity contribution in [1.29, 1.82) is 0 Å². The number of pyridine rings is 1. The molecule has 2 aliphatic rings. The van der Waals surface area contributed by atoms with Gasteiger partial charge >= 0.3 is 0 Å². The molecule has 11 heteroatoms. The van der Waals surface area contributed by atoms with Crippen molar-refractivity contribution in [1.82, 2.24) is 15.2 Å². The van der Waals surface area contributed by atoms with Crippen LogP contribution in [0.1, 0.15) is 58.7 Å². The molecule has 0 fully saturated rings. The van der Waals surface area contributed by atoms with Crippen LogP contribution in [-0.4, -0.2) is 48.4 Å². The zero-order chi connectivity index (χ0) is 33.9. The van der Waals surface area contributed by atoms with E-state index < -0.39 is 5.91 Å². The molecule has 0 spiro atoms. The number of aromatic nitrogens is 1. The van der Waals surface area contributed by atoms with Crippen LogP contribution in [0.5, 0.6) is 5.75 Å². The Bertz CT molecular complexity index is 1400. The van der Waals surface area contributed by atoms with E-state index in [4.69, 9.17) is 25.0 Å². The number of primary amides is 2. The van der Waals surface area contributed by atoms with E-state index in [0.29, 0.717) is 47.9 Å². The standard InChI is InChI=1S/C27H27FN4O4.C4H10.C2H6.CH3NO/c1-16(26(29)33)14-32-15-20(13-23(35-3)17(32)2)27(34)30-10-8-22-12-19-9-11-36-25(19)24(31-22)18-4-6-21(28)7-5-18;1-3-4-2;1-2;2-1-3/h4-7,12-15H,2,8-11H2,1,3H3,(H2,29,33)(H,30,34);3-4H2,1-2H3;1-2H3;1H,(H2,2,3)/b16-14+;;;. The monoisotopic (exact) mass is 623 g/mol. The molecule has 3 heterocycles. The number of rotatable bonds is 9. The molecule has 10 nitrogen and oxygen atoms in total. The fourth-order valence-corrected chi connectivity index (χ4v) is 3.90. The molecule has 1 aromatic heterocycles. The Hall–Kier alpha value is -4.93. The maximum atomic E-state index is 13.4. The van der Waals surface area contributed by atoms with Gasteiger partial charge in [0.05, 0.1) is 25.0 Å². The number of nitrogens with two attached hydrogens (primary N) is 2. The molecular weight excluding hydrogens is 577 g/mol. The fourth-order valence-electron chi connectivity index (χ4n) is 3.90. The topological polar surface area (TPSA) is 150 Å². The molecule has 0 aliphatic carbocycles. The molecule has 4 rings (SSSR count). The average molecular weight is 624 g/mol. The minimum atomic E-state index is -0.581. The summed E-state index contributed by atoms with van der Waals surface area (Å²) in [6, 6.07) is 8.11. The van der Waals surface area contributed by atoms with E-state index in [-0.39, 0.29) is 18.1 Å². The van der Waals surface area contributed by atoms with Gasteiger partial charge in [0.25, 0.3) is 5.91 Å². The van der Waals surface area contributed by atoms with Crippen LogP contribution < -0.4 is 21.5 Å². The average Bonchev–Trinajstić information content (AvgIpc) is 3.52. The first-order valence-corrected chi connectivity index (χ1v) is 14.9. The second-order valence-corrected chi connectivity index (χ2v) is 9.53. The van der Waals surface area contributed by atoms with Gasteiger partial charge in [0, 0.05) is 54.2 Å². The first-order chi connectivity index (χ1) is 21.6. The predicted octanol–water partition coefficient (Wildman–Crippen LogP) is 5.05. The van der Waals surface area contributed by atoms with Crippen molar-refractivity contribution in [3.63, 3.8) is 0 Å². The van der Waals surface area contributed by atoms with Crippen LogP contribution in [0.2, 0.25) is 0 Å². The summed E-state index contributed by atoms with van der Waals surface area (Å²) >= 11 is 0. The third-order valence-corrected chi connectivity index (χ3v) is 6.37. The summed E-state index contributed by atoms with van der Waals surface area (Å²) in [5, 5.41) is 2.89. The molecule has 0 atom stereocenters. The number of unbranched alkanes of at least 4 members (excludes halogenated alkanes) is 1. The van der Waals surface area contributed by atoms with Crippen molar-refractivity contribution in [2.24, 2.45) is 11.5 Å². The lowest BCUT2D eigenvalue weighted by molar-refractivity contribution is -0.117. The number of carbonyl (C=O) groups is 3. The molecule has 0 unspecified atom stereocenters. The van der Waals surface area contributed by atoms with Gasteiger partial charge in [-0.2, -0.15) is 0 Å². The number of nitrogens with one attached hydrogen (secondary N) is 1. The first-order valence-electron chi connectivity index (χ1n) is 14.9. The summed E-state index contributed by atoms with van der Waals surface area (Å²) in [4.78, 5) is 39.2. The molecule has 0 radical (unpaired) electrons. The summed E-state index contributed by atoms with van der Waals surface area (Å²) in [6.45, 7) is 14.8. The molecule has 3 amide bonds. The van der Waals surface area contributed by atoms with Crippen molar-refractivity contribution in [3.05, 3.63) is 95.1 Å². The van der Waals surface area contributed by atoms with E-state index in [1.54, 1.807) is 31.3 Å². The number of carbonyl (C=O) groups excluding carboxylic acids is 3. The van der Waals surface area contributed by atoms with Crippen LogP contribution in [0.4, 0.5) is 4.39 Å². The van der Waals surface area contributed by atoms with Crippen molar-refractivity contribution in [2.45, 2.75) is 60.3 Å². The SMILES string of the molecule is C=C1C(OC)=CC(C(=O)NCCc2cc3c(c(-c4ccc(F)cc4)n2)OCC3)=CN1/C=C(\C)C(N)=O.CC.CCCC.NC=O. The van der Waals surface area contributed by atoms with Gasteiger partial charge in [-0.1, -0.05) is 47.1 Å². The maximum absolute atomic E-state index is 13.4. The van der Waals surface area contributed by atoms with Gasteiger partial charge in [0.2, 0.25) is 12.3 Å². The smallest absolute Gasteiger partial charge is 0.252 e. The van der Waals surface area contributed by atoms with Crippen LogP contribution in [0.3, 0.4) is 0 Å². The van der Waals surface area contributed by atoms with E-state index in [1.807, 2.05) is 19.9 Å². The Kier molecular flexibility index (Phi) is 17.0. The van der Waals surface area contributed by atoms with E-state index in [1.165, 1.54) is 43.2 Å². The molecule has 2 aromatic rings. The highest BCUT2D eigenvalue weighted by Gasteiger charge is 2.22. The quantitative estimate of drug-likeness (QED) is 0.261. The fraction of sp³-hybridized carbons (Fsp3) is 0.353. The molecule has 244 valence electrons. The minimum Gasteiger partial charge on any atom is -0.495 e. The molecule has 2 aliphatic heterocycles. The highest BCUT2D eigenvalue weighted by molar-refractivity contribution is 5.97. The van der Waals surface area contributed by atoms with Crippen molar-refractivity contribution >= 4 is 18.2 Å². The van der Waals surface area contributed by atoms with Crippen molar-refractivity contribution in [3.8, 4) is 17.0 Å². The number of methoxy groups -OCH3 is 1. The lowest BCUT2D eigenvalue weighted by Crippen LogP contribution is -2.30. The molecule has 0 bridgehead atoms. The summed E-state index contributed by atoms with van der Waals surface area (Å²) in [6.07, 6.45) is 8.78. The van der Waals surface area contributed by atoms with Crippen LogP contribution >= 0.6 is 0 Å². The molecule has 1 aromatic carbocycles. The zero-order valence-corrected chi connectivity index (χ0v) is 27.1. The minimum absolute atomic E-state index is 0.250. The summed E-state index contributed by atoms with van der Waals surface area (Å²) < 4.78 is 24.5. The van der Waals surface area contributed by atoms with Crippen molar-refractivity contribution in [2.75, 3.05) is 20.3 Å². The van der Waals surface area contributed by atoms with Crippen LogP contribution in [0.15, 0.2) is 78.0 Å². The van der Waals surface area contributed by atoms with Gasteiger partial charge in [-0.25, -0.2) is 9.37 Å². The van der Waals surface area contributed by atoms with Crippen LogP contribution in [0, 0.1) is 5.82 Å². The second kappa shape index (κ2) is 20.1. The molecule has 45 heavy (non-hydrogen) atoms. The number of hydrogen-bond acceptors (Lipinski definition) is 7. The van der Waals surface area contributed by atoms with E-state index in [9.17, 15) is 14.0 Å². The molecule has 0 saturated heterocycles. The van der Waals surface area contributed by atoms with E-state index in [0.717, 1.165) is 29.0 Å². The Labute approximate surface area is 265 Å². The maximum Gasteiger partial charge on any atom is 0.252 e. The molecular formula is C34H46FN5O5. The Balaban J connectivity index is 0.00000101. The Morgan fingerprint density at radius 2 is 1.82 bits per heavy atom. The van der Waals surface area contributed by atoms with Crippen LogP contribution in [-0.2, 0) is 32.0 Å². The zero-order valence-electron chi connectivity index (χ0n) is 27.1. The largest absolute Gasteiger partial charge is 0.495 e. The number of fused-ring (bicyclic) bond motifs is 1. The van der Waals surface area contributed by atoms with E-state index >= 15 is 0 Å². The van der Waals surface area contributed by atoms with Gasteiger partial charge in [-0.3, -0.25) is 14.4 Å². The lowest BCUT2D eigenvalue weighted by atomic mass is 10.0. The number of benzene rings is 1. The third kappa shape index (κ3) is 11.6. The third-order valence-electron chi connectivity index (χ3n) is 6.37. The highest BCUT2D eigenvalue weighted by atomic mass is 19.1.